The van der Waals surface area contributed by atoms with Crippen molar-refractivity contribution < 1.29 is 9.52 Å². The Morgan fingerprint density at radius 1 is 1.22 bits per heavy atom. The molecular formula is C23H27ClN4O4. The van der Waals surface area contributed by atoms with E-state index in [1.165, 1.54) is 0 Å². The number of nitrogens with zero attached hydrogens (tertiary/aromatic N) is 1. The number of anilines is 3. The van der Waals surface area contributed by atoms with Crippen LogP contribution in [0.2, 0.25) is 5.02 Å². The van der Waals surface area contributed by atoms with Crippen molar-refractivity contribution in [2.75, 3.05) is 23.7 Å². The van der Waals surface area contributed by atoms with Gasteiger partial charge in [0, 0.05) is 35.9 Å². The van der Waals surface area contributed by atoms with E-state index < -0.39 is 17.1 Å². The topological polar surface area (TPSA) is 121 Å². The zero-order valence-corrected chi connectivity index (χ0v) is 19.0. The molecule has 4 rings (SSSR count). The van der Waals surface area contributed by atoms with Crippen LogP contribution in [0.3, 0.4) is 0 Å². The Hall–Kier alpha value is -2.65. The predicted octanol–water partition coefficient (Wildman–Crippen LogP) is 3.16. The summed E-state index contributed by atoms with van der Waals surface area (Å²) in [5.74, 6) is 1.56. The first-order chi connectivity index (χ1) is 15.2. The number of halogens is 1. The summed E-state index contributed by atoms with van der Waals surface area (Å²) in [6.45, 7) is 7.20. The van der Waals surface area contributed by atoms with Crippen LogP contribution < -0.4 is 27.2 Å². The lowest BCUT2D eigenvalue weighted by Gasteiger charge is -2.25. The third kappa shape index (κ3) is 3.84. The lowest BCUT2D eigenvalue weighted by molar-refractivity contribution is 0.0164. The Balaban J connectivity index is 1.66. The van der Waals surface area contributed by atoms with E-state index >= 15 is 0 Å². The van der Waals surface area contributed by atoms with Gasteiger partial charge in [0.25, 0.3) is 10.9 Å². The van der Waals surface area contributed by atoms with Gasteiger partial charge < -0.3 is 25.9 Å². The van der Waals surface area contributed by atoms with Crippen LogP contribution in [0.15, 0.2) is 38.3 Å². The minimum atomic E-state index is -0.910. The lowest BCUT2D eigenvalue weighted by atomic mass is 10.00. The average Bonchev–Trinajstić information content (AvgIpc) is 3.33. The molecule has 0 amide bonds. The van der Waals surface area contributed by atoms with Crippen molar-refractivity contribution in [2.24, 2.45) is 11.7 Å². The number of aryl methyl sites for hydroxylation is 1. The van der Waals surface area contributed by atoms with Gasteiger partial charge in [-0.05, 0) is 42.7 Å². The zero-order chi connectivity index (χ0) is 23.2. The fraction of sp³-hybridized carbons (Fsp3) is 0.391. The molecular weight excluding hydrogens is 432 g/mol. The highest BCUT2D eigenvalue weighted by atomic mass is 35.5. The Morgan fingerprint density at radius 2 is 1.94 bits per heavy atom. The molecule has 0 bridgehead atoms. The Labute approximate surface area is 190 Å². The fourth-order valence-electron chi connectivity index (χ4n) is 4.17. The van der Waals surface area contributed by atoms with E-state index in [9.17, 15) is 14.7 Å². The number of aliphatic hydroxyl groups is 1. The van der Waals surface area contributed by atoms with Gasteiger partial charge in [-0.2, -0.15) is 0 Å². The minimum absolute atomic E-state index is 0.101. The lowest BCUT2D eigenvalue weighted by Crippen LogP contribution is -2.38. The highest BCUT2D eigenvalue weighted by Crippen LogP contribution is 2.42. The molecule has 8 nitrogen and oxygen atoms in total. The smallest absolute Gasteiger partial charge is 0.253 e. The second-order valence-electron chi connectivity index (χ2n) is 8.47. The van der Waals surface area contributed by atoms with Crippen LogP contribution in [-0.2, 0) is 6.54 Å². The highest BCUT2D eigenvalue weighted by molar-refractivity contribution is 6.31. The minimum Gasteiger partial charge on any atom is -0.464 e. The van der Waals surface area contributed by atoms with Gasteiger partial charge in [0.15, 0.2) is 0 Å². The number of hydrogen-bond donors (Lipinski definition) is 4. The van der Waals surface area contributed by atoms with Gasteiger partial charge in [0.2, 0.25) is 0 Å². The van der Waals surface area contributed by atoms with Crippen molar-refractivity contribution in [3.63, 3.8) is 0 Å². The third-order valence-electron chi connectivity index (χ3n) is 5.89. The first kappa shape index (κ1) is 22.5. The summed E-state index contributed by atoms with van der Waals surface area (Å²) in [4.78, 5) is 26.7. The summed E-state index contributed by atoms with van der Waals surface area (Å²) in [7, 11) is 0. The maximum Gasteiger partial charge on any atom is 0.253 e. The first-order valence-electron chi connectivity index (χ1n) is 10.6. The molecule has 32 heavy (non-hydrogen) atoms. The molecule has 0 fully saturated rings. The number of benzene rings is 1. The van der Waals surface area contributed by atoms with Crippen LogP contribution >= 0.6 is 11.6 Å². The molecule has 0 saturated carbocycles. The molecule has 5 N–H and O–H groups in total. The Kier molecular flexibility index (Phi) is 6.13. The summed E-state index contributed by atoms with van der Waals surface area (Å²) in [5.41, 5.74) is 6.73. The Morgan fingerprint density at radius 3 is 2.56 bits per heavy atom. The number of hydrogen-bond acceptors (Lipinski definition) is 8. The third-order valence-corrected chi connectivity index (χ3v) is 6.24. The van der Waals surface area contributed by atoms with E-state index in [1.807, 2.05) is 32.9 Å². The van der Waals surface area contributed by atoms with Crippen molar-refractivity contribution in [1.29, 1.82) is 0 Å². The van der Waals surface area contributed by atoms with Crippen molar-refractivity contribution in [2.45, 2.75) is 39.6 Å². The number of nitrogens with two attached hydrogens (primary N) is 1. The van der Waals surface area contributed by atoms with Crippen molar-refractivity contribution >= 4 is 28.7 Å². The van der Waals surface area contributed by atoms with E-state index in [4.69, 9.17) is 21.8 Å². The second kappa shape index (κ2) is 8.71. The summed E-state index contributed by atoms with van der Waals surface area (Å²) in [5, 5.41) is 17.6. The molecule has 9 heteroatoms. The van der Waals surface area contributed by atoms with E-state index in [1.54, 1.807) is 17.0 Å². The second-order valence-corrected chi connectivity index (χ2v) is 8.87. The van der Waals surface area contributed by atoms with Gasteiger partial charge in [-0.25, -0.2) is 0 Å². The molecule has 0 saturated heterocycles. The SMILES string of the molecule is Cc1ccc([C@H](Nc2c(Nc3ccc(Cl)c4c3C(O)N(CCN)C4)c(=O)c2=O)C(C)C)o1. The molecule has 0 radical (unpaired) electrons. The van der Waals surface area contributed by atoms with E-state index in [0.717, 1.165) is 11.3 Å². The molecule has 2 heterocycles. The quantitative estimate of drug-likeness (QED) is 0.380. The van der Waals surface area contributed by atoms with Crippen LogP contribution in [0.25, 0.3) is 0 Å². The summed E-state index contributed by atoms with van der Waals surface area (Å²) >= 11 is 6.36. The molecule has 1 aliphatic heterocycles. The maximum atomic E-state index is 12.4. The number of rotatable bonds is 8. The Bertz CT molecular complexity index is 1210. The molecule has 3 aromatic rings. The standard InChI is InChI=1S/C23H27ClN4O4/c1-11(2)18(16-7-4-12(3)32-16)27-20-19(21(29)22(20)30)26-15-6-5-14(24)13-10-28(9-8-25)23(31)17(13)15/h4-7,11,18,23,26-27,31H,8-10,25H2,1-3H3/t18-,23?/m1/s1. The first-order valence-corrected chi connectivity index (χ1v) is 11.0. The molecule has 1 aromatic heterocycles. The normalized spacial score (nSPS) is 17.2. The van der Waals surface area contributed by atoms with Crippen LogP contribution in [-0.4, -0.2) is 23.1 Å². The van der Waals surface area contributed by atoms with Crippen LogP contribution in [0, 0.1) is 12.8 Å². The predicted molar refractivity (Wildman–Crippen MR) is 125 cm³/mol. The molecule has 0 aliphatic carbocycles. The molecule has 1 unspecified atom stereocenters. The summed E-state index contributed by atoms with van der Waals surface area (Å²) < 4.78 is 5.75. The van der Waals surface area contributed by atoms with Gasteiger partial charge in [0.1, 0.15) is 29.1 Å². The number of aliphatic hydroxyl groups excluding tert-OH is 1. The summed E-state index contributed by atoms with van der Waals surface area (Å²) in [6, 6.07) is 6.85. The molecule has 2 aromatic carbocycles. The highest BCUT2D eigenvalue weighted by Gasteiger charge is 2.34. The van der Waals surface area contributed by atoms with Gasteiger partial charge >= 0.3 is 0 Å². The monoisotopic (exact) mass is 458 g/mol. The van der Waals surface area contributed by atoms with Crippen LogP contribution in [0.4, 0.5) is 17.1 Å². The van der Waals surface area contributed by atoms with Gasteiger partial charge in [-0.3, -0.25) is 14.5 Å². The van der Waals surface area contributed by atoms with Crippen LogP contribution in [0.5, 0.6) is 0 Å². The molecule has 170 valence electrons. The number of furan rings is 1. The van der Waals surface area contributed by atoms with Crippen molar-refractivity contribution in [3.05, 3.63) is 72.4 Å². The van der Waals surface area contributed by atoms with Gasteiger partial charge in [-0.15, -0.1) is 0 Å². The zero-order valence-electron chi connectivity index (χ0n) is 18.2. The van der Waals surface area contributed by atoms with Crippen LogP contribution in [0.1, 0.15) is 48.8 Å². The van der Waals surface area contributed by atoms with Gasteiger partial charge in [0.05, 0.1) is 6.04 Å². The van der Waals surface area contributed by atoms with E-state index in [2.05, 4.69) is 10.6 Å². The van der Waals surface area contributed by atoms with E-state index in [0.29, 0.717) is 41.7 Å². The largest absolute Gasteiger partial charge is 0.464 e. The summed E-state index contributed by atoms with van der Waals surface area (Å²) in [6.07, 6.45) is -0.910. The molecule has 0 spiro atoms. The average molecular weight is 459 g/mol. The number of fused-ring (bicyclic) bond motifs is 1. The maximum absolute atomic E-state index is 12.4. The number of nitrogens with one attached hydrogen (secondary N) is 2. The molecule has 1 aliphatic rings. The van der Waals surface area contributed by atoms with E-state index in [-0.39, 0.29) is 23.3 Å². The van der Waals surface area contributed by atoms with Gasteiger partial charge in [-0.1, -0.05) is 25.4 Å². The fourth-order valence-corrected chi connectivity index (χ4v) is 4.39. The van der Waals surface area contributed by atoms with Crippen molar-refractivity contribution in [1.82, 2.24) is 4.90 Å². The van der Waals surface area contributed by atoms with Crippen molar-refractivity contribution in [3.8, 4) is 0 Å². The molecule has 2 atom stereocenters.